The fourth-order valence-electron chi connectivity index (χ4n) is 13.5. The minimum Gasteiger partial charge on any atom is -0.508 e. The summed E-state index contributed by atoms with van der Waals surface area (Å²) in [6.45, 7) is 7.37. The normalized spacial score (nSPS) is 16.1. The van der Waals surface area contributed by atoms with Gasteiger partial charge in [0.05, 0.1) is 62.0 Å². The van der Waals surface area contributed by atoms with Gasteiger partial charge in [0.1, 0.15) is 71.0 Å². The van der Waals surface area contributed by atoms with Crippen molar-refractivity contribution in [2.75, 3.05) is 20.2 Å². The van der Waals surface area contributed by atoms with Gasteiger partial charge < -0.3 is 104 Å². The molecule has 4 heterocycles. The van der Waals surface area contributed by atoms with Crippen LogP contribution in [0.2, 0.25) is 0 Å². The van der Waals surface area contributed by atoms with Gasteiger partial charge in [-0.1, -0.05) is 85.8 Å². The lowest BCUT2D eigenvalue weighted by Crippen LogP contribution is -2.67. The number of aliphatic hydroxyl groups is 2. The molecule has 8 rings (SSSR count). The van der Waals surface area contributed by atoms with E-state index >= 15 is 4.39 Å². The van der Waals surface area contributed by atoms with E-state index in [1.807, 2.05) is 38.1 Å². The van der Waals surface area contributed by atoms with Crippen molar-refractivity contribution in [1.29, 1.82) is 0 Å². The summed E-state index contributed by atoms with van der Waals surface area (Å²) in [5.41, 5.74) is 7.66. The third-order valence-electron chi connectivity index (χ3n) is 20.1. The Kier molecular flexibility index (Phi) is 32.0. The molecule has 0 bridgehead atoms. The molecule has 0 aliphatic carbocycles. The number of pyridine rings is 1. The number of carboxylic acid groups (broad SMARTS) is 2. The summed E-state index contributed by atoms with van der Waals surface area (Å²) in [5.74, 6) is -16.3. The number of carbonyl (C=O) groups excluding carboxylic acids is 12. The average Bonchev–Trinajstić information content (AvgIpc) is 1.68. The number of aromatic hydroxyl groups is 1. The zero-order valence-corrected chi connectivity index (χ0v) is 66.3. The molecule has 0 saturated carbocycles. The predicted molar refractivity (Wildman–Crippen MR) is 423 cm³/mol. The molecule has 38 heteroatoms. The Morgan fingerprint density at radius 2 is 1.22 bits per heavy atom. The number of phenolic OH excluding ortho intramolecular Hbond substituents is 1. The number of phenols is 1. The van der Waals surface area contributed by atoms with E-state index in [0.717, 1.165) is 61.8 Å². The number of nitrogens with one attached hydrogen (secondary N) is 12. The number of carbonyl (C=O) groups is 14. The number of likely N-dealkylation sites (tertiary alicyclic amines) is 1. The molecule has 0 spiro atoms. The number of aliphatic hydroxyl groups excluding tert-OH is 2. The van der Waals surface area contributed by atoms with Gasteiger partial charge in [-0.15, -0.1) is 0 Å². The van der Waals surface area contributed by atoms with E-state index in [1.165, 1.54) is 67.3 Å². The summed E-state index contributed by atoms with van der Waals surface area (Å²) in [4.78, 5) is 214. The largest absolute Gasteiger partial charge is 0.508 e. The van der Waals surface area contributed by atoms with Gasteiger partial charge in [-0.05, 0) is 124 Å². The number of alkyl carbamates (subject to hydrolysis) is 1. The summed E-state index contributed by atoms with van der Waals surface area (Å²) in [6.07, 6.45) is -1.27. The summed E-state index contributed by atoms with van der Waals surface area (Å²) < 4.78 is 20.4. The van der Waals surface area contributed by atoms with Crippen molar-refractivity contribution >= 4 is 83.0 Å². The average molecular weight is 1650 g/mol. The van der Waals surface area contributed by atoms with Crippen molar-refractivity contribution < 1.29 is 102 Å². The van der Waals surface area contributed by atoms with Gasteiger partial charge in [-0.3, -0.25) is 67.3 Å². The topological polar surface area (TPSA) is 569 Å². The number of aromatic amines is 2. The maximum absolute atomic E-state index is 15.7. The molecule has 37 nitrogen and oxygen atoms in total. The molecule has 634 valence electrons. The van der Waals surface area contributed by atoms with Gasteiger partial charge in [0.15, 0.2) is 0 Å². The number of methoxy groups -OCH3 is 1. The Morgan fingerprint density at radius 1 is 0.630 bits per heavy atom. The molecule has 12 atom stereocenters. The van der Waals surface area contributed by atoms with E-state index in [1.54, 1.807) is 48.5 Å². The highest BCUT2D eigenvalue weighted by atomic mass is 19.1. The first kappa shape index (κ1) is 91.0. The Morgan fingerprint density at radius 3 is 1.81 bits per heavy atom. The number of primary amides is 1. The molecular weight excluding hydrogens is 1550 g/mol. The summed E-state index contributed by atoms with van der Waals surface area (Å²) in [5, 5.41) is 76.5. The number of imidazole rings is 2. The minimum atomic E-state index is -2.44. The standard InChI is InChI=1S/C81H98FN17O20/c1-8-48-32-53(102)23-24-55(48)49-21-18-46(19-22-49)30-60(71(110)90-59(69(83)108)31-47-20-25-57(86-37-47)54-16-11-9-14-43(54)2)91-73(112)62(35-66(106)107)92-72(111)61(33-51-38-84-41-88-51)93-74(113)67(44(3)100)97-77(116)80(5,36-50-15-10-12-17-56(50)82)98-75(114)68(45(4)101)96-64(103)40-87-70(109)58(26-27-65(104)105)94-78(117)81(6)28-13-29-99(81)76(115)63(95-79(118)119-7)34-52-39-85-42-89-52/h9-12,14-25,32,37-39,41-42,44-45,58-63,67-68,100-102H,8,13,26-31,33-36,40H2,1-7H3,(H2,83,108)(H,84,88)(H,85,89)(H,87,109)(H,90,110)(H,91,112)(H,92,111)(H,93,113)(H,94,117)(H,95,118)(H,96,103)(H,97,116)(H,98,114)(H,104,105)(H,106,107)/t44-,45-,58+,59+,60+,61+,62+,63+,67+,68+,80-,81-/m1/s1. The molecule has 1 aliphatic heterocycles. The van der Waals surface area contributed by atoms with Crippen LogP contribution >= 0.6 is 0 Å². The molecule has 19 N–H and O–H groups in total. The predicted octanol–water partition coefficient (Wildman–Crippen LogP) is 0.167. The number of aliphatic carboxylic acids is 2. The number of hydrogen-bond acceptors (Lipinski definition) is 21. The first-order valence-electron chi connectivity index (χ1n) is 38.1. The SMILES string of the molecule is CCc1cc(O)ccc1-c1ccc(C[C@H](NC(=O)[C@H](CC(=O)O)NC(=O)[C@H](Cc2c[nH]cn2)NC(=O)[C@@H](NC(=O)[C@@](C)(Cc2ccccc2F)NC(=O)[C@@H](NC(=O)CNC(=O)[C@H](CCC(=O)O)NC(=O)[C@@]2(C)CCCN2C(=O)[C@H](Cc2c[nH]cn2)NC(=O)OC)[C@@H](C)O)[C@@H](C)O)C(=O)N[C@@H](Cc2ccc(-c3ccccc3C)nc2)C(N)=O)cc1. The molecule has 0 radical (unpaired) electrons. The molecule has 7 aromatic rings. The summed E-state index contributed by atoms with van der Waals surface area (Å²) >= 11 is 0. The van der Waals surface area contributed by atoms with Crippen LogP contribution in [-0.4, -0.2) is 230 Å². The van der Waals surface area contributed by atoms with Crippen molar-refractivity contribution in [3.63, 3.8) is 0 Å². The second-order valence-corrected chi connectivity index (χ2v) is 29.2. The number of hydrogen-bond donors (Lipinski definition) is 18. The molecule has 1 aliphatic rings. The first-order valence-corrected chi connectivity index (χ1v) is 38.1. The van der Waals surface area contributed by atoms with Gasteiger partial charge in [-0.2, -0.15) is 0 Å². The monoisotopic (exact) mass is 1650 g/mol. The Hall–Kier alpha value is -13.5. The number of nitrogens with zero attached hydrogens (tertiary/aromatic N) is 4. The van der Waals surface area contributed by atoms with Crippen LogP contribution in [-0.2, 0) is 106 Å². The quantitative estimate of drug-likeness (QED) is 0.0243. The van der Waals surface area contributed by atoms with E-state index in [9.17, 15) is 92.7 Å². The summed E-state index contributed by atoms with van der Waals surface area (Å²) in [7, 11) is 1.08. The third kappa shape index (κ3) is 25.2. The maximum atomic E-state index is 15.7. The van der Waals surface area contributed by atoms with Crippen LogP contribution in [0.5, 0.6) is 5.75 Å². The van der Waals surface area contributed by atoms with E-state index in [4.69, 9.17) is 10.5 Å². The second kappa shape index (κ2) is 41.9. The molecule has 1 saturated heterocycles. The number of carboxylic acids is 2. The number of ether oxygens (including phenoxy) is 1. The molecule has 3 aromatic heterocycles. The zero-order valence-electron chi connectivity index (χ0n) is 66.3. The van der Waals surface area contributed by atoms with Crippen LogP contribution in [0.25, 0.3) is 22.4 Å². The minimum absolute atomic E-state index is 0.0124. The molecular formula is C81H98FN17O20. The van der Waals surface area contributed by atoms with Crippen LogP contribution in [0, 0.1) is 12.7 Å². The van der Waals surface area contributed by atoms with Crippen LogP contribution < -0.4 is 58.9 Å². The molecule has 0 unspecified atom stereocenters. The highest BCUT2D eigenvalue weighted by Gasteiger charge is 2.49. The Balaban J connectivity index is 0.985. The number of halogens is 1. The lowest BCUT2D eigenvalue weighted by atomic mass is 9.90. The molecule has 119 heavy (non-hydrogen) atoms. The van der Waals surface area contributed by atoms with Gasteiger partial charge >= 0.3 is 18.0 Å². The second-order valence-electron chi connectivity index (χ2n) is 29.2. The number of rotatable bonds is 41. The van der Waals surface area contributed by atoms with Crippen molar-refractivity contribution in [3.05, 3.63) is 179 Å². The van der Waals surface area contributed by atoms with Gasteiger partial charge in [0.25, 0.3) is 0 Å². The smallest absolute Gasteiger partial charge is 0.407 e. The van der Waals surface area contributed by atoms with Gasteiger partial charge in [0.2, 0.25) is 65.0 Å². The number of benzene rings is 4. The molecule has 4 aromatic carbocycles. The van der Waals surface area contributed by atoms with Crippen molar-refractivity contribution in [3.8, 4) is 28.1 Å². The van der Waals surface area contributed by atoms with Crippen LogP contribution in [0.15, 0.2) is 134 Å². The summed E-state index contributed by atoms with van der Waals surface area (Å²) in [6, 6.07) is 13.4. The van der Waals surface area contributed by atoms with E-state index in [2.05, 4.69) is 78.1 Å². The number of aromatic nitrogens is 5. The fraction of sp³-hybridized carbons (Fsp3) is 0.395. The van der Waals surface area contributed by atoms with Crippen molar-refractivity contribution in [2.24, 2.45) is 5.73 Å². The van der Waals surface area contributed by atoms with E-state index in [0.29, 0.717) is 28.9 Å². The molecule has 1 fully saturated rings. The fourth-order valence-corrected chi connectivity index (χ4v) is 13.5. The first-order chi connectivity index (χ1) is 56.5. The number of aryl methyl sites for hydroxylation is 2. The maximum Gasteiger partial charge on any atom is 0.407 e. The lowest BCUT2D eigenvalue weighted by Gasteiger charge is -2.37. The lowest BCUT2D eigenvalue weighted by molar-refractivity contribution is -0.146. The molecule has 12 amide bonds. The third-order valence-corrected chi connectivity index (χ3v) is 20.1. The van der Waals surface area contributed by atoms with Crippen LogP contribution in [0.1, 0.15) is 106 Å². The Bertz CT molecular complexity index is 4800. The van der Waals surface area contributed by atoms with Gasteiger partial charge in [-0.25, -0.2) is 19.2 Å². The zero-order chi connectivity index (χ0) is 87.0. The van der Waals surface area contributed by atoms with Crippen LogP contribution in [0.3, 0.4) is 0 Å². The van der Waals surface area contributed by atoms with Crippen LogP contribution in [0.4, 0.5) is 9.18 Å². The number of amides is 12. The number of nitrogens with two attached hydrogens (primary N) is 1. The van der Waals surface area contributed by atoms with E-state index < -0.39 is 199 Å². The highest BCUT2D eigenvalue weighted by Crippen LogP contribution is 2.32. The highest BCUT2D eigenvalue weighted by molar-refractivity contribution is 6.01. The number of H-pyrrole nitrogens is 2. The van der Waals surface area contributed by atoms with Crippen molar-refractivity contribution in [1.82, 2.24) is 83.0 Å². The van der Waals surface area contributed by atoms with Crippen molar-refractivity contribution in [2.45, 2.75) is 184 Å². The Labute approximate surface area is 682 Å². The van der Waals surface area contributed by atoms with Gasteiger partial charge in [0, 0.05) is 69.2 Å². The van der Waals surface area contributed by atoms with E-state index in [-0.39, 0.29) is 55.7 Å².